The van der Waals surface area contributed by atoms with Crippen molar-refractivity contribution in [2.45, 2.75) is 6.92 Å². The zero-order chi connectivity index (χ0) is 15.5. The van der Waals surface area contributed by atoms with Crippen molar-refractivity contribution in [3.8, 4) is 11.8 Å². The first-order chi connectivity index (χ1) is 10.7. The Labute approximate surface area is 128 Å². The van der Waals surface area contributed by atoms with Crippen LogP contribution >= 0.6 is 0 Å². The average Bonchev–Trinajstić information content (AvgIpc) is 2.93. The van der Waals surface area contributed by atoms with E-state index in [1.165, 1.54) is 0 Å². The van der Waals surface area contributed by atoms with E-state index in [0.29, 0.717) is 17.9 Å². The van der Waals surface area contributed by atoms with Gasteiger partial charge in [-0.05, 0) is 43.3 Å². The molecule has 0 aliphatic carbocycles. The Balaban J connectivity index is 2.08. The molecule has 108 valence electrons. The molecule has 1 heterocycles. The molecule has 0 radical (unpaired) electrons. The van der Waals surface area contributed by atoms with Gasteiger partial charge in [0.2, 0.25) is 0 Å². The minimum absolute atomic E-state index is 0.341. The highest BCUT2D eigenvalue weighted by Gasteiger charge is 2.11. The molecule has 0 spiro atoms. The number of aromatic nitrogens is 1. The van der Waals surface area contributed by atoms with Crippen LogP contribution in [0.15, 0.2) is 54.6 Å². The number of esters is 1. The zero-order valence-corrected chi connectivity index (χ0v) is 12.1. The van der Waals surface area contributed by atoms with E-state index in [0.717, 1.165) is 16.6 Å². The zero-order valence-electron chi connectivity index (χ0n) is 12.1. The van der Waals surface area contributed by atoms with Crippen LogP contribution in [0, 0.1) is 11.3 Å². The quantitative estimate of drug-likeness (QED) is 0.691. The van der Waals surface area contributed by atoms with E-state index in [-0.39, 0.29) is 5.97 Å². The summed E-state index contributed by atoms with van der Waals surface area (Å²) in [4.78, 5) is 11.7. The number of hydrogen-bond donors (Lipinski definition) is 0. The summed E-state index contributed by atoms with van der Waals surface area (Å²) in [6.07, 6.45) is 0. The van der Waals surface area contributed by atoms with Crippen molar-refractivity contribution in [1.82, 2.24) is 4.57 Å². The fraction of sp³-hybridized carbons (Fsp3) is 0.111. The number of carbonyl (C=O) groups excluding carboxylic acids is 1. The maximum atomic E-state index is 11.7. The molecule has 4 nitrogen and oxygen atoms in total. The van der Waals surface area contributed by atoms with Gasteiger partial charge in [0, 0.05) is 11.1 Å². The first-order valence-electron chi connectivity index (χ1n) is 7.02. The molecule has 1 aromatic heterocycles. The first-order valence-corrected chi connectivity index (χ1v) is 7.02. The van der Waals surface area contributed by atoms with Crippen LogP contribution in [-0.2, 0) is 4.74 Å². The summed E-state index contributed by atoms with van der Waals surface area (Å²) >= 11 is 0. The standard InChI is InChI=1S/C18H14N2O2/c1-2-22-18(21)13-7-9-15(10-8-13)20-16(12-19)11-14-5-3-4-6-17(14)20/h3-11H,2H2,1H3. The Kier molecular flexibility index (Phi) is 3.63. The predicted octanol–water partition coefficient (Wildman–Crippen LogP) is 3.68. The Morgan fingerprint density at radius 1 is 1.18 bits per heavy atom. The highest BCUT2D eigenvalue weighted by atomic mass is 16.5. The molecule has 0 amide bonds. The van der Waals surface area contributed by atoms with Crippen molar-refractivity contribution in [3.63, 3.8) is 0 Å². The number of carbonyl (C=O) groups is 1. The topological polar surface area (TPSA) is 55.0 Å². The number of ether oxygens (including phenoxy) is 1. The minimum Gasteiger partial charge on any atom is -0.462 e. The van der Waals surface area contributed by atoms with Crippen LogP contribution in [0.25, 0.3) is 16.6 Å². The highest BCUT2D eigenvalue weighted by Crippen LogP contribution is 2.24. The van der Waals surface area contributed by atoms with E-state index in [9.17, 15) is 10.1 Å². The highest BCUT2D eigenvalue weighted by molar-refractivity contribution is 5.90. The van der Waals surface area contributed by atoms with Gasteiger partial charge in [-0.3, -0.25) is 0 Å². The van der Waals surface area contributed by atoms with Crippen molar-refractivity contribution < 1.29 is 9.53 Å². The molecule has 0 unspecified atom stereocenters. The van der Waals surface area contributed by atoms with Crippen LogP contribution in [0.3, 0.4) is 0 Å². The van der Waals surface area contributed by atoms with Crippen molar-refractivity contribution in [2.75, 3.05) is 6.61 Å². The average molecular weight is 290 g/mol. The fourth-order valence-electron chi connectivity index (χ4n) is 2.48. The Morgan fingerprint density at radius 2 is 1.91 bits per heavy atom. The van der Waals surface area contributed by atoms with E-state index in [1.807, 2.05) is 47.0 Å². The largest absolute Gasteiger partial charge is 0.462 e. The van der Waals surface area contributed by atoms with Gasteiger partial charge in [0.25, 0.3) is 0 Å². The molecule has 0 bridgehead atoms. The van der Waals surface area contributed by atoms with Crippen LogP contribution in [0.1, 0.15) is 23.0 Å². The molecule has 0 aliphatic rings. The SMILES string of the molecule is CCOC(=O)c1ccc(-n2c(C#N)cc3ccccc32)cc1. The summed E-state index contributed by atoms with van der Waals surface area (Å²) in [5.41, 5.74) is 2.86. The van der Waals surface area contributed by atoms with Gasteiger partial charge in [-0.1, -0.05) is 18.2 Å². The third kappa shape index (κ3) is 2.33. The third-order valence-corrected chi connectivity index (χ3v) is 3.46. The molecular formula is C18H14N2O2. The molecule has 22 heavy (non-hydrogen) atoms. The van der Waals surface area contributed by atoms with E-state index in [4.69, 9.17) is 4.74 Å². The van der Waals surface area contributed by atoms with E-state index in [2.05, 4.69) is 6.07 Å². The molecule has 3 aromatic rings. The summed E-state index contributed by atoms with van der Waals surface area (Å²) < 4.78 is 6.85. The van der Waals surface area contributed by atoms with E-state index in [1.54, 1.807) is 19.1 Å². The second-order valence-electron chi connectivity index (χ2n) is 4.80. The number of nitriles is 1. The lowest BCUT2D eigenvalue weighted by Crippen LogP contribution is -2.05. The molecule has 0 aliphatic heterocycles. The van der Waals surface area contributed by atoms with Crippen molar-refractivity contribution >= 4 is 16.9 Å². The van der Waals surface area contributed by atoms with Crippen LogP contribution in [0.5, 0.6) is 0 Å². The molecule has 0 fully saturated rings. The van der Waals surface area contributed by atoms with Crippen LogP contribution in [-0.4, -0.2) is 17.1 Å². The summed E-state index contributed by atoms with van der Waals surface area (Å²) in [7, 11) is 0. The molecule has 0 saturated heterocycles. The molecule has 4 heteroatoms. The number of rotatable bonds is 3. The third-order valence-electron chi connectivity index (χ3n) is 3.46. The Hall–Kier alpha value is -3.06. The van der Waals surface area contributed by atoms with Crippen LogP contribution in [0.2, 0.25) is 0 Å². The maximum Gasteiger partial charge on any atom is 0.338 e. The van der Waals surface area contributed by atoms with Crippen LogP contribution < -0.4 is 0 Å². The Bertz CT molecular complexity index is 870. The van der Waals surface area contributed by atoms with Gasteiger partial charge in [0.1, 0.15) is 11.8 Å². The monoisotopic (exact) mass is 290 g/mol. The molecule has 0 N–H and O–H groups in total. The second-order valence-corrected chi connectivity index (χ2v) is 4.80. The van der Waals surface area contributed by atoms with Gasteiger partial charge in [-0.15, -0.1) is 0 Å². The second kappa shape index (κ2) is 5.74. The van der Waals surface area contributed by atoms with Gasteiger partial charge in [-0.2, -0.15) is 5.26 Å². The lowest BCUT2D eigenvalue weighted by atomic mass is 10.2. The number of nitrogens with zero attached hydrogens (tertiary/aromatic N) is 2. The van der Waals surface area contributed by atoms with Gasteiger partial charge in [-0.25, -0.2) is 4.79 Å². The van der Waals surface area contributed by atoms with Gasteiger partial charge in [0.05, 0.1) is 17.7 Å². The number of hydrogen-bond acceptors (Lipinski definition) is 3. The van der Waals surface area contributed by atoms with Gasteiger partial charge < -0.3 is 9.30 Å². The maximum absolute atomic E-state index is 11.7. The summed E-state index contributed by atoms with van der Waals surface area (Å²) in [5, 5.41) is 10.4. The van der Waals surface area contributed by atoms with Crippen molar-refractivity contribution in [1.29, 1.82) is 5.26 Å². The van der Waals surface area contributed by atoms with E-state index < -0.39 is 0 Å². The normalized spacial score (nSPS) is 10.4. The summed E-state index contributed by atoms with van der Waals surface area (Å²) in [6.45, 7) is 2.12. The smallest absolute Gasteiger partial charge is 0.338 e. The van der Waals surface area contributed by atoms with E-state index >= 15 is 0 Å². The van der Waals surface area contributed by atoms with Crippen molar-refractivity contribution in [3.05, 3.63) is 65.9 Å². The summed E-state index contributed by atoms with van der Waals surface area (Å²) in [6, 6.07) is 18.9. The predicted molar refractivity (Wildman–Crippen MR) is 83.9 cm³/mol. The summed E-state index contributed by atoms with van der Waals surface area (Å²) in [5.74, 6) is -0.341. The first kappa shape index (κ1) is 13.9. The number of para-hydroxylation sites is 1. The molecule has 0 atom stereocenters. The molecule has 2 aromatic carbocycles. The fourth-order valence-corrected chi connectivity index (χ4v) is 2.48. The minimum atomic E-state index is -0.341. The Morgan fingerprint density at radius 3 is 2.59 bits per heavy atom. The van der Waals surface area contributed by atoms with Gasteiger partial charge >= 0.3 is 5.97 Å². The number of benzene rings is 2. The molecular weight excluding hydrogens is 276 g/mol. The lowest BCUT2D eigenvalue weighted by molar-refractivity contribution is 0.0526. The lowest BCUT2D eigenvalue weighted by Gasteiger charge is -2.08. The van der Waals surface area contributed by atoms with Crippen LogP contribution in [0.4, 0.5) is 0 Å². The number of fused-ring (bicyclic) bond motifs is 1. The van der Waals surface area contributed by atoms with Gasteiger partial charge in [0.15, 0.2) is 0 Å². The molecule has 3 rings (SSSR count). The molecule has 0 saturated carbocycles. The van der Waals surface area contributed by atoms with Crippen molar-refractivity contribution in [2.24, 2.45) is 0 Å².